The predicted molar refractivity (Wildman–Crippen MR) is 41.9 cm³/mol. The molecular formula is C8H13NO2. The number of nitrogens with one attached hydrogen (secondary N) is 1. The van der Waals surface area contributed by atoms with Crippen LogP contribution >= 0.6 is 0 Å². The second-order valence-electron chi connectivity index (χ2n) is 2.84. The van der Waals surface area contributed by atoms with Crippen molar-refractivity contribution in [1.82, 2.24) is 5.32 Å². The molecule has 0 aromatic heterocycles. The number of esters is 1. The Kier molecular flexibility index (Phi) is 2.17. The first-order valence-corrected chi connectivity index (χ1v) is 3.69. The van der Waals surface area contributed by atoms with Crippen molar-refractivity contribution in [1.29, 1.82) is 0 Å². The van der Waals surface area contributed by atoms with Crippen molar-refractivity contribution in [2.45, 2.75) is 26.3 Å². The van der Waals surface area contributed by atoms with Gasteiger partial charge in [-0.25, -0.2) is 4.79 Å². The number of hydrogen-bond acceptors (Lipinski definition) is 3. The summed E-state index contributed by atoms with van der Waals surface area (Å²) in [5, 5.41) is 3.16. The lowest BCUT2D eigenvalue weighted by Gasteiger charge is -2.01. The molecule has 0 saturated carbocycles. The zero-order valence-corrected chi connectivity index (χ0v) is 7.10. The fraction of sp³-hybridized carbons (Fsp3) is 0.625. The highest BCUT2D eigenvalue weighted by atomic mass is 16.5. The van der Waals surface area contributed by atoms with Gasteiger partial charge in [0.25, 0.3) is 0 Å². The highest BCUT2D eigenvalue weighted by molar-refractivity contribution is 5.89. The molecule has 1 rings (SSSR count). The Labute approximate surface area is 66.4 Å². The molecule has 3 nitrogen and oxygen atoms in total. The van der Waals surface area contributed by atoms with Gasteiger partial charge in [0.15, 0.2) is 0 Å². The first-order valence-electron chi connectivity index (χ1n) is 3.69. The second-order valence-corrected chi connectivity index (χ2v) is 2.84. The molecule has 0 amide bonds. The van der Waals surface area contributed by atoms with Gasteiger partial charge in [0.05, 0.1) is 12.7 Å². The highest BCUT2D eigenvalue weighted by Gasteiger charge is 2.22. The van der Waals surface area contributed by atoms with Crippen molar-refractivity contribution in [3.05, 3.63) is 11.3 Å². The van der Waals surface area contributed by atoms with Crippen LogP contribution in [0.2, 0.25) is 0 Å². The minimum atomic E-state index is -0.209. The normalized spacial score (nSPS) is 23.4. The van der Waals surface area contributed by atoms with Crippen LogP contribution in [0.4, 0.5) is 0 Å². The van der Waals surface area contributed by atoms with E-state index in [0.29, 0.717) is 6.04 Å². The van der Waals surface area contributed by atoms with E-state index in [0.717, 1.165) is 17.7 Å². The molecule has 1 atom stereocenters. The van der Waals surface area contributed by atoms with Gasteiger partial charge in [-0.3, -0.25) is 0 Å². The van der Waals surface area contributed by atoms with Crippen LogP contribution in [0.3, 0.4) is 0 Å². The number of carbonyl (C=O) groups is 1. The third-order valence-electron chi connectivity index (χ3n) is 1.86. The van der Waals surface area contributed by atoms with Gasteiger partial charge in [0, 0.05) is 18.2 Å². The monoisotopic (exact) mass is 155 g/mol. The minimum absolute atomic E-state index is 0.209. The second kappa shape index (κ2) is 2.95. The van der Waals surface area contributed by atoms with E-state index in [1.165, 1.54) is 7.11 Å². The van der Waals surface area contributed by atoms with Gasteiger partial charge in [-0.15, -0.1) is 0 Å². The molecule has 62 valence electrons. The Morgan fingerprint density at radius 2 is 2.36 bits per heavy atom. The van der Waals surface area contributed by atoms with Crippen molar-refractivity contribution in [2.24, 2.45) is 0 Å². The summed E-state index contributed by atoms with van der Waals surface area (Å²) in [5.74, 6) is -0.209. The van der Waals surface area contributed by atoms with Crippen LogP contribution in [0.25, 0.3) is 0 Å². The Hall–Kier alpha value is -0.990. The third-order valence-corrected chi connectivity index (χ3v) is 1.86. The smallest absolute Gasteiger partial charge is 0.335 e. The molecule has 1 unspecified atom stereocenters. The van der Waals surface area contributed by atoms with E-state index in [2.05, 4.69) is 10.1 Å². The minimum Gasteiger partial charge on any atom is -0.466 e. The van der Waals surface area contributed by atoms with Crippen LogP contribution in [0.15, 0.2) is 11.3 Å². The fourth-order valence-electron chi connectivity index (χ4n) is 1.33. The summed E-state index contributed by atoms with van der Waals surface area (Å²) in [6.45, 7) is 3.94. The van der Waals surface area contributed by atoms with Crippen LogP contribution in [-0.2, 0) is 9.53 Å². The largest absolute Gasteiger partial charge is 0.466 e. The summed E-state index contributed by atoms with van der Waals surface area (Å²) in [6.07, 6.45) is 0.776. The molecule has 0 radical (unpaired) electrons. The molecule has 1 N–H and O–H groups in total. The van der Waals surface area contributed by atoms with Gasteiger partial charge in [0.2, 0.25) is 0 Å². The number of carbonyl (C=O) groups excluding carboxylic acids is 1. The maximum atomic E-state index is 11.0. The average Bonchev–Trinajstić information content (AvgIpc) is 2.28. The molecule has 0 aromatic rings. The van der Waals surface area contributed by atoms with Gasteiger partial charge >= 0.3 is 5.97 Å². The molecular weight excluding hydrogens is 142 g/mol. The molecule has 3 heteroatoms. The van der Waals surface area contributed by atoms with Crippen molar-refractivity contribution < 1.29 is 9.53 Å². The van der Waals surface area contributed by atoms with Crippen LogP contribution in [-0.4, -0.2) is 19.1 Å². The summed E-state index contributed by atoms with van der Waals surface area (Å²) in [5.41, 5.74) is 1.73. The molecule has 0 fully saturated rings. The maximum Gasteiger partial charge on any atom is 0.335 e. The molecule has 1 aliphatic heterocycles. The number of allylic oxidation sites excluding steroid dienone is 1. The van der Waals surface area contributed by atoms with Gasteiger partial charge in [-0.1, -0.05) is 0 Å². The summed E-state index contributed by atoms with van der Waals surface area (Å²) >= 11 is 0. The van der Waals surface area contributed by atoms with Crippen LogP contribution < -0.4 is 5.32 Å². The van der Waals surface area contributed by atoms with Gasteiger partial charge in [-0.05, 0) is 13.8 Å². The molecule has 0 aromatic carbocycles. The van der Waals surface area contributed by atoms with Crippen molar-refractivity contribution >= 4 is 5.97 Å². The fourth-order valence-corrected chi connectivity index (χ4v) is 1.33. The van der Waals surface area contributed by atoms with Crippen molar-refractivity contribution in [3.63, 3.8) is 0 Å². The molecule has 1 heterocycles. The van der Waals surface area contributed by atoms with Crippen LogP contribution in [0, 0.1) is 0 Å². The average molecular weight is 155 g/mol. The molecule has 0 bridgehead atoms. The first-order chi connectivity index (χ1) is 5.15. The Morgan fingerprint density at radius 3 is 2.73 bits per heavy atom. The zero-order valence-electron chi connectivity index (χ0n) is 7.10. The Morgan fingerprint density at radius 1 is 1.73 bits per heavy atom. The molecule has 1 aliphatic rings. The molecule has 0 saturated heterocycles. The van der Waals surface area contributed by atoms with Crippen molar-refractivity contribution in [2.75, 3.05) is 7.11 Å². The number of rotatable bonds is 1. The SMILES string of the molecule is COC(=O)C1=C(C)NC(C)C1. The van der Waals surface area contributed by atoms with E-state index in [-0.39, 0.29) is 5.97 Å². The first kappa shape index (κ1) is 8.11. The summed E-state index contributed by atoms with van der Waals surface area (Å²) in [7, 11) is 1.41. The lowest BCUT2D eigenvalue weighted by atomic mass is 10.1. The molecule has 0 spiro atoms. The van der Waals surface area contributed by atoms with Crippen LogP contribution in [0.1, 0.15) is 20.3 Å². The van der Waals surface area contributed by atoms with E-state index < -0.39 is 0 Å². The van der Waals surface area contributed by atoms with Crippen LogP contribution in [0.5, 0.6) is 0 Å². The van der Waals surface area contributed by atoms with E-state index in [9.17, 15) is 4.79 Å². The third kappa shape index (κ3) is 1.53. The lowest BCUT2D eigenvalue weighted by molar-refractivity contribution is -0.136. The highest BCUT2D eigenvalue weighted by Crippen LogP contribution is 2.18. The van der Waals surface area contributed by atoms with E-state index in [4.69, 9.17) is 0 Å². The number of methoxy groups -OCH3 is 1. The summed E-state index contributed by atoms with van der Waals surface area (Å²) in [4.78, 5) is 11.0. The molecule has 0 aliphatic carbocycles. The van der Waals surface area contributed by atoms with Crippen molar-refractivity contribution in [3.8, 4) is 0 Å². The van der Waals surface area contributed by atoms with Gasteiger partial charge in [-0.2, -0.15) is 0 Å². The predicted octanol–water partition coefficient (Wildman–Crippen LogP) is 0.815. The van der Waals surface area contributed by atoms with E-state index in [1.807, 2.05) is 13.8 Å². The summed E-state index contributed by atoms with van der Waals surface area (Å²) in [6, 6.07) is 0.365. The maximum absolute atomic E-state index is 11.0. The molecule has 11 heavy (non-hydrogen) atoms. The summed E-state index contributed by atoms with van der Waals surface area (Å²) < 4.78 is 4.62. The van der Waals surface area contributed by atoms with Gasteiger partial charge < -0.3 is 10.1 Å². The Balaban J connectivity index is 2.72. The standard InChI is InChI=1S/C8H13NO2/c1-5-4-7(6(2)9-5)8(10)11-3/h5,9H,4H2,1-3H3. The van der Waals surface area contributed by atoms with E-state index >= 15 is 0 Å². The zero-order chi connectivity index (χ0) is 8.43. The Bertz CT molecular complexity index is 208. The van der Waals surface area contributed by atoms with Gasteiger partial charge in [0.1, 0.15) is 0 Å². The number of hydrogen-bond donors (Lipinski definition) is 1. The topological polar surface area (TPSA) is 38.3 Å². The number of ether oxygens (including phenoxy) is 1. The van der Waals surface area contributed by atoms with E-state index in [1.54, 1.807) is 0 Å². The quantitative estimate of drug-likeness (QED) is 0.569. The lowest BCUT2D eigenvalue weighted by Crippen LogP contribution is -2.16.